The average Bonchev–Trinajstić information content (AvgIpc) is 3.57. The molecule has 0 atom stereocenters. The van der Waals surface area contributed by atoms with Crippen LogP contribution in [0.4, 0.5) is 0 Å². The SMILES string of the molecule is C1=CC(c2ccc(-c3nc4sc(-c5ccc(C6=CCCC=C6)s5)nc4s3)s2)=CCC1. The predicted molar refractivity (Wildman–Crippen MR) is 135 cm³/mol. The molecule has 0 saturated heterocycles. The fraction of sp³-hybridized carbons (Fsp3) is 0.167. The molecule has 0 N–H and O–H groups in total. The van der Waals surface area contributed by atoms with Crippen molar-refractivity contribution in [1.29, 1.82) is 0 Å². The molecular formula is C24H18N2S4. The number of thiophene rings is 2. The third kappa shape index (κ3) is 3.48. The van der Waals surface area contributed by atoms with Crippen molar-refractivity contribution in [2.45, 2.75) is 25.7 Å². The van der Waals surface area contributed by atoms with Crippen molar-refractivity contribution in [2.24, 2.45) is 0 Å². The van der Waals surface area contributed by atoms with Crippen molar-refractivity contribution in [3.05, 3.63) is 70.5 Å². The molecule has 0 fully saturated rings. The summed E-state index contributed by atoms with van der Waals surface area (Å²) >= 11 is 7.06. The lowest BCUT2D eigenvalue weighted by molar-refractivity contribution is 1.04. The summed E-state index contributed by atoms with van der Waals surface area (Å²) in [7, 11) is 0. The maximum absolute atomic E-state index is 4.91. The average molecular weight is 463 g/mol. The largest absolute Gasteiger partial charge is 0.222 e. The zero-order valence-electron chi connectivity index (χ0n) is 16.1. The number of hydrogen-bond donors (Lipinski definition) is 0. The normalized spacial score (nSPS) is 16.3. The molecule has 4 aromatic rings. The summed E-state index contributed by atoms with van der Waals surface area (Å²) in [5.41, 5.74) is 2.68. The summed E-state index contributed by atoms with van der Waals surface area (Å²) < 4.78 is 0. The fourth-order valence-corrected chi connectivity index (χ4v) is 7.87. The van der Waals surface area contributed by atoms with Crippen LogP contribution in [0, 0.1) is 0 Å². The Morgan fingerprint density at radius 3 is 1.43 bits per heavy atom. The van der Waals surface area contributed by atoms with Gasteiger partial charge in [-0.3, -0.25) is 0 Å². The van der Waals surface area contributed by atoms with Gasteiger partial charge in [-0.25, -0.2) is 9.97 Å². The smallest absolute Gasteiger partial charge is 0.155 e. The molecule has 0 spiro atoms. The molecule has 6 heteroatoms. The number of fused-ring (bicyclic) bond motifs is 1. The van der Waals surface area contributed by atoms with Crippen LogP contribution in [0.5, 0.6) is 0 Å². The van der Waals surface area contributed by atoms with Crippen LogP contribution in [0.3, 0.4) is 0 Å². The summed E-state index contributed by atoms with van der Waals surface area (Å²) in [5.74, 6) is 0. The van der Waals surface area contributed by atoms with Crippen molar-refractivity contribution in [3.63, 3.8) is 0 Å². The first kappa shape index (κ1) is 18.6. The lowest BCUT2D eigenvalue weighted by Crippen LogP contribution is -1.80. The van der Waals surface area contributed by atoms with Crippen LogP contribution in [0.2, 0.25) is 0 Å². The third-order valence-electron chi connectivity index (χ3n) is 5.17. The van der Waals surface area contributed by atoms with Crippen molar-refractivity contribution in [1.82, 2.24) is 9.97 Å². The van der Waals surface area contributed by atoms with Crippen LogP contribution in [-0.4, -0.2) is 9.97 Å². The number of hydrogen-bond acceptors (Lipinski definition) is 6. The highest BCUT2D eigenvalue weighted by atomic mass is 32.1. The number of thiazole rings is 2. The molecule has 6 rings (SSSR count). The molecule has 0 radical (unpaired) electrons. The van der Waals surface area contributed by atoms with E-state index in [0.29, 0.717) is 0 Å². The molecule has 2 nitrogen and oxygen atoms in total. The Bertz CT molecular complexity index is 1220. The van der Waals surface area contributed by atoms with Gasteiger partial charge in [0.2, 0.25) is 0 Å². The highest BCUT2D eigenvalue weighted by Gasteiger charge is 2.16. The van der Waals surface area contributed by atoms with E-state index in [1.54, 1.807) is 22.7 Å². The van der Waals surface area contributed by atoms with Gasteiger partial charge in [0.15, 0.2) is 9.66 Å². The molecule has 0 bridgehead atoms. The van der Waals surface area contributed by atoms with E-state index in [0.717, 1.165) is 45.4 Å². The first-order valence-electron chi connectivity index (χ1n) is 10.1. The summed E-state index contributed by atoms with van der Waals surface area (Å²) in [6.07, 6.45) is 18.2. The van der Waals surface area contributed by atoms with Crippen LogP contribution in [0.25, 0.3) is 40.6 Å². The summed E-state index contributed by atoms with van der Waals surface area (Å²) in [5, 5.41) is 2.16. The summed E-state index contributed by atoms with van der Waals surface area (Å²) in [6, 6.07) is 8.84. The van der Waals surface area contributed by atoms with Crippen LogP contribution in [-0.2, 0) is 0 Å². The standard InChI is InChI=1S/C24H18N2S4/c1-3-7-15(8-4-1)17-11-13-19(27-17)21-25-23-24(29-21)26-22(30-23)20-14-12-18(28-20)16-9-5-2-6-10-16/h3,5,7-14H,1-2,4,6H2. The minimum Gasteiger partial charge on any atom is -0.222 e. The topological polar surface area (TPSA) is 25.8 Å². The Balaban J connectivity index is 1.27. The highest BCUT2D eigenvalue weighted by Crippen LogP contribution is 2.42. The lowest BCUT2D eigenvalue weighted by atomic mass is 10.1. The summed E-state index contributed by atoms with van der Waals surface area (Å²) in [4.78, 5) is 17.0. The molecule has 30 heavy (non-hydrogen) atoms. The Labute approximate surface area is 191 Å². The van der Waals surface area contributed by atoms with Gasteiger partial charge in [0.1, 0.15) is 10.0 Å². The molecule has 0 saturated carbocycles. The van der Waals surface area contributed by atoms with Gasteiger partial charge in [0.05, 0.1) is 9.75 Å². The lowest BCUT2D eigenvalue weighted by Gasteiger charge is -2.03. The van der Waals surface area contributed by atoms with E-state index in [4.69, 9.17) is 9.97 Å². The molecule has 2 aliphatic carbocycles. The van der Waals surface area contributed by atoms with Gasteiger partial charge in [-0.15, -0.1) is 22.7 Å². The highest BCUT2D eigenvalue weighted by molar-refractivity contribution is 7.32. The first-order valence-corrected chi connectivity index (χ1v) is 13.3. The van der Waals surface area contributed by atoms with E-state index in [-0.39, 0.29) is 0 Å². The Kier molecular flexibility index (Phi) is 4.88. The fourth-order valence-electron chi connectivity index (χ4n) is 3.66. The second kappa shape index (κ2) is 7.85. The quantitative estimate of drug-likeness (QED) is 0.303. The Hall–Kier alpha value is -2.12. The number of aromatic nitrogens is 2. The molecule has 4 heterocycles. The van der Waals surface area contributed by atoms with Crippen molar-refractivity contribution < 1.29 is 0 Å². The first-order chi connectivity index (χ1) is 14.8. The van der Waals surface area contributed by atoms with Crippen LogP contribution in [0.1, 0.15) is 35.4 Å². The molecule has 0 aromatic carbocycles. The monoisotopic (exact) mass is 462 g/mol. The predicted octanol–water partition coefficient (Wildman–Crippen LogP) is 8.68. The van der Waals surface area contributed by atoms with Crippen LogP contribution in [0.15, 0.2) is 60.7 Å². The van der Waals surface area contributed by atoms with Crippen molar-refractivity contribution >= 4 is 66.2 Å². The molecule has 2 aliphatic rings. The minimum absolute atomic E-state index is 1.04. The van der Waals surface area contributed by atoms with Crippen molar-refractivity contribution in [2.75, 3.05) is 0 Å². The number of nitrogens with zero attached hydrogens (tertiary/aromatic N) is 2. The van der Waals surface area contributed by atoms with Crippen molar-refractivity contribution in [3.8, 4) is 19.8 Å². The second-order valence-corrected chi connectivity index (χ2v) is 11.4. The van der Waals surface area contributed by atoms with E-state index in [9.17, 15) is 0 Å². The van der Waals surface area contributed by atoms with E-state index in [2.05, 4.69) is 60.7 Å². The molecule has 148 valence electrons. The Morgan fingerprint density at radius 2 is 1.00 bits per heavy atom. The van der Waals surface area contributed by atoms with Gasteiger partial charge in [0, 0.05) is 9.75 Å². The number of allylic oxidation sites excluding steroid dienone is 8. The third-order valence-corrected chi connectivity index (χ3v) is 9.80. The second-order valence-electron chi connectivity index (χ2n) is 7.25. The van der Waals surface area contributed by atoms with Crippen LogP contribution < -0.4 is 0 Å². The van der Waals surface area contributed by atoms with Gasteiger partial charge in [-0.05, 0) is 61.1 Å². The molecule has 0 unspecified atom stereocenters. The molecule has 0 amide bonds. The van der Waals surface area contributed by atoms with Gasteiger partial charge in [0.25, 0.3) is 0 Å². The van der Waals surface area contributed by atoms with E-state index < -0.39 is 0 Å². The molecule has 0 aliphatic heterocycles. The van der Waals surface area contributed by atoms with Gasteiger partial charge in [-0.2, -0.15) is 0 Å². The maximum Gasteiger partial charge on any atom is 0.155 e. The Morgan fingerprint density at radius 1 is 0.533 bits per heavy atom. The van der Waals surface area contributed by atoms with Gasteiger partial charge in [-0.1, -0.05) is 59.1 Å². The van der Waals surface area contributed by atoms with Gasteiger partial charge < -0.3 is 0 Å². The minimum atomic E-state index is 1.04. The van der Waals surface area contributed by atoms with E-state index >= 15 is 0 Å². The van der Waals surface area contributed by atoms with E-state index in [1.165, 1.54) is 30.7 Å². The molecule has 4 aromatic heterocycles. The number of rotatable bonds is 4. The van der Waals surface area contributed by atoms with E-state index in [1.807, 2.05) is 22.7 Å². The maximum atomic E-state index is 4.91. The summed E-state index contributed by atoms with van der Waals surface area (Å²) in [6.45, 7) is 0. The zero-order chi connectivity index (χ0) is 19.9. The van der Waals surface area contributed by atoms with Crippen LogP contribution >= 0.6 is 45.3 Å². The zero-order valence-corrected chi connectivity index (χ0v) is 19.4. The molecular weight excluding hydrogens is 445 g/mol. The van der Waals surface area contributed by atoms with Gasteiger partial charge >= 0.3 is 0 Å².